The molecule has 0 radical (unpaired) electrons. The lowest BCUT2D eigenvalue weighted by molar-refractivity contribution is -0.384. The first-order valence-electron chi connectivity index (χ1n) is 8.54. The molecule has 8 heteroatoms. The Morgan fingerprint density at radius 3 is 2.14 bits per heavy atom. The summed E-state index contributed by atoms with van der Waals surface area (Å²) in [4.78, 5) is 34.8. The Balaban J connectivity index is 1.53. The van der Waals surface area contributed by atoms with Crippen molar-refractivity contribution < 1.29 is 28.4 Å². The highest BCUT2D eigenvalue weighted by molar-refractivity contribution is 6.18. The molecule has 2 aromatic carbocycles. The van der Waals surface area contributed by atoms with Crippen molar-refractivity contribution in [2.24, 2.45) is 0 Å². The largest absolute Gasteiger partial charge is 0.457 e. The van der Waals surface area contributed by atoms with Crippen LogP contribution in [-0.4, -0.2) is 16.9 Å². The van der Waals surface area contributed by atoms with Crippen LogP contribution < -0.4 is 0 Å². The van der Waals surface area contributed by atoms with Gasteiger partial charge in [0.15, 0.2) is 0 Å². The molecule has 1 aliphatic rings. The molecule has 1 aliphatic heterocycles. The third-order valence-corrected chi connectivity index (χ3v) is 4.22. The second kappa shape index (κ2) is 7.43. The molecule has 2 heterocycles. The Morgan fingerprint density at radius 2 is 1.52 bits per heavy atom. The van der Waals surface area contributed by atoms with Gasteiger partial charge < -0.3 is 13.9 Å². The van der Waals surface area contributed by atoms with Gasteiger partial charge in [-0.1, -0.05) is 30.3 Å². The summed E-state index contributed by atoms with van der Waals surface area (Å²) in [6.07, 6.45) is 0.140. The van der Waals surface area contributed by atoms with E-state index in [1.54, 1.807) is 54.6 Å². The Hall–Kier alpha value is -4.20. The zero-order chi connectivity index (χ0) is 20.4. The summed E-state index contributed by atoms with van der Waals surface area (Å²) in [6, 6.07) is 17.6. The van der Waals surface area contributed by atoms with Crippen LogP contribution in [0.3, 0.4) is 0 Å². The van der Waals surface area contributed by atoms with E-state index in [2.05, 4.69) is 0 Å². The number of non-ortho nitro benzene ring substituents is 1. The number of nitro groups is 1. The summed E-state index contributed by atoms with van der Waals surface area (Å²) in [6.45, 7) is 0. The summed E-state index contributed by atoms with van der Waals surface area (Å²) in [5.41, 5.74) is 0.829. The smallest absolute Gasteiger partial charge is 0.349 e. The number of carbonyl (C=O) groups excluding carboxylic acids is 2. The number of hydrogen-bond donors (Lipinski definition) is 0. The highest BCUT2D eigenvalue weighted by Gasteiger charge is 2.34. The van der Waals surface area contributed by atoms with E-state index in [0.29, 0.717) is 16.9 Å². The number of ether oxygens (including phenoxy) is 2. The van der Waals surface area contributed by atoms with Gasteiger partial charge in [-0.2, -0.15) is 0 Å². The van der Waals surface area contributed by atoms with Gasteiger partial charge in [0.05, 0.1) is 4.92 Å². The first-order chi connectivity index (χ1) is 14.0. The minimum Gasteiger partial charge on any atom is -0.457 e. The van der Waals surface area contributed by atoms with Crippen LogP contribution in [0.5, 0.6) is 0 Å². The van der Waals surface area contributed by atoms with E-state index < -0.39 is 23.2 Å². The second-order valence-electron chi connectivity index (χ2n) is 6.12. The maximum atomic E-state index is 12.3. The van der Waals surface area contributed by atoms with Crippen LogP contribution in [0.15, 0.2) is 76.7 Å². The van der Waals surface area contributed by atoms with Crippen molar-refractivity contribution >= 4 is 23.7 Å². The Labute approximate surface area is 164 Å². The molecule has 1 fully saturated rings. The summed E-state index contributed by atoms with van der Waals surface area (Å²) >= 11 is 0. The van der Waals surface area contributed by atoms with E-state index in [0.717, 1.165) is 0 Å². The van der Waals surface area contributed by atoms with Gasteiger partial charge in [-0.05, 0) is 24.3 Å². The fraction of sp³-hybridized carbons (Fsp3) is 0.0476. The molecule has 0 N–H and O–H groups in total. The molecule has 0 aliphatic carbocycles. The minimum atomic E-state index is -1.10. The van der Waals surface area contributed by atoms with Gasteiger partial charge >= 0.3 is 11.9 Å². The number of rotatable bonds is 4. The molecule has 0 amide bonds. The van der Waals surface area contributed by atoms with E-state index >= 15 is 0 Å². The van der Waals surface area contributed by atoms with E-state index in [-0.39, 0.29) is 17.0 Å². The summed E-state index contributed by atoms with van der Waals surface area (Å²) < 4.78 is 16.0. The number of furan rings is 1. The van der Waals surface area contributed by atoms with E-state index in [1.807, 2.05) is 0 Å². The van der Waals surface area contributed by atoms with E-state index in [9.17, 15) is 19.7 Å². The summed E-state index contributed by atoms with van der Waals surface area (Å²) in [5.74, 6) is -0.973. The molecular weight excluding hydrogens is 378 g/mol. The van der Waals surface area contributed by atoms with Crippen molar-refractivity contribution in [2.75, 3.05) is 0 Å². The topological polar surface area (TPSA) is 109 Å². The molecule has 1 saturated heterocycles. The summed E-state index contributed by atoms with van der Waals surface area (Å²) in [5, 5.41) is 10.7. The van der Waals surface area contributed by atoms with Gasteiger partial charge in [-0.3, -0.25) is 10.1 Å². The Bertz CT molecular complexity index is 1090. The van der Waals surface area contributed by atoms with Crippen molar-refractivity contribution in [3.05, 3.63) is 93.7 Å². The van der Waals surface area contributed by atoms with Crippen molar-refractivity contribution in [3.8, 4) is 11.3 Å². The Morgan fingerprint density at radius 1 is 0.862 bits per heavy atom. The molecule has 0 bridgehead atoms. The second-order valence-corrected chi connectivity index (χ2v) is 6.12. The predicted octanol–water partition coefficient (Wildman–Crippen LogP) is 4.04. The number of carbonyl (C=O) groups is 2. The maximum absolute atomic E-state index is 12.3. The van der Waals surface area contributed by atoms with Gasteiger partial charge in [0.25, 0.3) is 12.0 Å². The average molecular weight is 391 g/mol. The molecule has 0 spiro atoms. The predicted molar refractivity (Wildman–Crippen MR) is 100 cm³/mol. The monoisotopic (exact) mass is 391 g/mol. The van der Waals surface area contributed by atoms with Crippen molar-refractivity contribution in [1.82, 2.24) is 0 Å². The van der Waals surface area contributed by atoms with Crippen LogP contribution in [-0.2, 0) is 19.1 Å². The molecule has 3 aromatic rings. The summed E-state index contributed by atoms with van der Waals surface area (Å²) in [7, 11) is 0. The molecule has 8 nitrogen and oxygen atoms in total. The zero-order valence-electron chi connectivity index (χ0n) is 14.8. The van der Waals surface area contributed by atoms with Gasteiger partial charge in [-0.15, -0.1) is 0 Å². The Kier molecular flexibility index (Phi) is 4.66. The number of cyclic esters (lactones) is 2. The highest BCUT2D eigenvalue weighted by Crippen LogP contribution is 2.29. The highest BCUT2D eigenvalue weighted by atomic mass is 16.7. The van der Waals surface area contributed by atoms with E-state index in [4.69, 9.17) is 13.9 Å². The molecule has 0 unspecified atom stereocenters. The fourth-order valence-corrected chi connectivity index (χ4v) is 2.77. The SMILES string of the molecule is O=C1OC(c2ccccc2)OC(=O)C1=Cc1ccc(-c2ccc([N+](=O)[O-])cc2)o1. The van der Waals surface area contributed by atoms with Crippen molar-refractivity contribution in [2.45, 2.75) is 6.29 Å². The first kappa shape index (κ1) is 18.2. The standard InChI is InChI=1S/C21H13NO7/c23-19-17(20(24)29-21(28-19)14-4-2-1-3-5-14)12-16-10-11-18(27-16)13-6-8-15(9-7-13)22(25)26/h1-12,21H. The average Bonchev–Trinajstić information content (AvgIpc) is 3.20. The molecule has 29 heavy (non-hydrogen) atoms. The number of nitro benzene ring substituents is 1. The van der Waals surface area contributed by atoms with Gasteiger partial charge in [0.2, 0.25) is 0 Å². The third kappa shape index (κ3) is 3.77. The minimum absolute atomic E-state index is 0.0386. The molecular formula is C21H13NO7. The van der Waals surface area contributed by atoms with Gasteiger partial charge in [-0.25, -0.2) is 9.59 Å². The van der Waals surface area contributed by atoms with Crippen LogP contribution >= 0.6 is 0 Å². The molecule has 144 valence electrons. The van der Waals surface area contributed by atoms with Crippen LogP contribution in [0.1, 0.15) is 17.6 Å². The number of esters is 2. The first-order valence-corrected chi connectivity index (χ1v) is 8.54. The lowest BCUT2D eigenvalue weighted by Gasteiger charge is -2.23. The van der Waals surface area contributed by atoms with Crippen LogP contribution in [0.25, 0.3) is 17.4 Å². The number of benzene rings is 2. The number of hydrogen-bond acceptors (Lipinski definition) is 7. The van der Waals surface area contributed by atoms with Crippen LogP contribution in [0.2, 0.25) is 0 Å². The van der Waals surface area contributed by atoms with Crippen molar-refractivity contribution in [3.63, 3.8) is 0 Å². The number of nitrogens with zero attached hydrogens (tertiary/aromatic N) is 1. The third-order valence-electron chi connectivity index (χ3n) is 4.22. The van der Waals surface area contributed by atoms with Gasteiger partial charge in [0, 0.05) is 29.3 Å². The normalized spacial score (nSPS) is 16.1. The molecule has 0 saturated carbocycles. The van der Waals surface area contributed by atoms with Crippen LogP contribution in [0, 0.1) is 10.1 Å². The lowest BCUT2D eigenvalue weighted by Crippen LogP contribution is -2.29. The molecule has 4 rings (SSSR count). The lowest BCUT2D eigenvalue weighted by atomic mass is 10.1. The quantitative estimate of drug-likeness (QED) is 0.217. The van der Waals surface area contributed by atoms with Crippen LogP contribution in [0.4, 0.5) is 5.69 Å². The maximum Gasteiger partial charge on any atom is 0.349 e. The molecule has 0 atom stereocenters. The molecule has 1 aromatic heterocycles. The fourth-order valence-electron chi connectivity index (χ4n) is 2.77. The van der Waals surface area contributed by atoms with Crippen molar-refractivity contribution in [1.29, 1.82) is 0 Å². The van der Waals surface area contributed by atoms with E-state index in [1.165, 1.54) is 18.2 Å². The van der Waals surface area contributed by atoms with Gasteiger partial charge in [0.1, 0.15) is 17.1 Å². The zero-order valence-corrected chi connectivity index (χ0v) is 14.8.